The summed E-state index contributed by atoms with van der Waals surface area (Å²) in [5.41, 5.74) is 13.1. The Hall–Kier alpha value is -8.29. The van der Waals surface area contributed by atoms with E-state index in [1.54, 1.807) is 0 Å². The van der Waals surface area contributed by atoms with Crippen LogP contribution in [0.2, 0.25) is 0 Å². The van der Waals surface area contributed by atoms with Gasteiger partial charge in [-0.1, -0.05) is 133 Å². The van der Waals surface area contributed by atoms with Gasteiger partial charge in [0.15, 0.2) is 11.6 Å². The predicted molar refractivity (Wildman–Crippen MR) is 245 cm³/mol. The van der Waals surface area contributed by atoms with Crippen LogP contribution in [0.3, 0.4) is 0 Å². The molecule has 0 fully saturated rings. The molecule has 0 N–H and O–H groups in total. The number of hydrogen-bond donors (Lipinski definition) is 0. The summed E-state index contributed by atoms with van der Waals surface area (Å²) in [6, 6.07) is 70.8. The van der Waals surface area contributed by atoms with E-state index in [-0.39, 0.29) is 0 Å². The van der Waals surface area contributed by atoms with Crippen LogP contribution in [0.1, 0.15) is 0 Å². The fraction of sp³-hybridized carbons (Fsp3) is 0. The molecule has 0 aliphatic rings. The molecule has 280 valence electrons. The highest BCUT2D eigenvalue weighted by Crippen LogP contribution is 2.41. The first kappa shape index (κ1) is 32.8. The second-order valence-corrected chi connectivity index (χ2v) is 15.3. The van der Waals surface area contributed by atoms with Crippen LogP contribution >= 0.6 is 0 Å². The van der Waals surface area contributed by atoms with Crippen molar-refractivity contribution in [3.63, 3.8) is 0 Å². The van der Waals surface area contributed by atoms with Crippen LogP contribution in [0.15, 0.2) is 200 Å². The number of para-hydroxylation sites is 4. The standard InChI is InChI=1S/C53H33N7/c1-4-16-34(17-5-1)51-54-52(35-18-6-2-7-19-35)56-53(55-51)60-45-27-15-12-24-40(45)42-32-47-41(33-48(42)60)39-23-11-14-26-44(39)57(47)38-28-29-46-49(31-38)59-43-25-13-10-20-36(43)30-50(59)58(46)37-21-8-3-9-22-37/h1-33H. The lowest BCUT2D eigenvalue weighted by atomic mass is 10.1. The van der Waals surface area contributed by atoms with Crippen molar-refractivity contribution in [1.29, 1.82) is 0 Å². The van der Waals surface area contributed by atoms with Gasteiger partial charge >= 0.3 is 0 Å². The van der Waals surface area contributed by atoms with Crippen LogP contribution in [-0.4, -0.2) is 33.1 Å². The van der Waals surface area contributed by atoms with Crippen molar-refractivity contribution in [2.45, 2.75) is 0 Å². The van der Waals surface area contributed by atoms with Gasteiger partial charge in [-0.3, -0.25) is 13.5 Å². The summed E-state index contributed by atoms with van der Waals surface area (Å²) >= 11 is 0. The molecule has 7 heteroatoms. The number of hydrogen-bond acceptors (Lipinski definition) is 3. The Bertz CT molecular complexity index is 3760. The molecule has 0 amide bonds. The number of aromatic nitrogens is 7. The van der Waals surface area contributed by atoms with Crippen LogP contribution in [0.5, 0.6) is 0 Å². The summed E-state index contributed by atoms with van der Waals surface area (Å²) in [6.07, 6.45) is 0. The van der Waals surface area contributed by atoms with Gasteiger partial charge in [0.1, 0.15) is 5.65 Å². The van der Waals surface area contributed by atoms with E-state index in [0.29, 0.717) is 17.6 Å². The lowest BCUT2D eigenvalue weighted by Gasteiger charge is -2.11. The van der Waals surface area contributed by atoms with Crippen LogP contribution in [0.25, 0.3) is 111 Å². The van der Waals surface area contributed by atoms with Crippen LogP contribution in [0, 0.1) is 0 Å². The Morgan fingerprint density at radius 2 is 0.833 bits per heavy atom. The molecule has 60 heavy (non-hydrogen) atoms. The molecule has 0 unspecified atom stereocenters. The topological polar surface area (TPSA) is 57.9 Å². The Morgan fingerprint density at radius 3 is 1.48 bits per heavy atom. The highest BCUT2D eigenvalue weighted by Gasteiger charge is 2.22. The average Bonchev–Trinajstić information content (AvgIpc) is 4.04. The number of rotatable bonds is 5. The smallest absolute Gasteiger partial charge is 0.238 e. The van der Waals surface area contributed by atoms with E-state index in [1.807, 2.05) is 36.4 Å². The first-order valence-electron chi connectivity index (χ1n) is 20.2. The van der Waals surface area contributed by atoms with Gasteiger partial charge in [-0.05, 0) is 66.7 Å². The quantitative estimate of drug-likeness (QED) is 0.175. The second-order valence-electron chi connectivity index (χ2n) is 15.3. The molecule has 0 aliphatic heterocycles. The number of nitrogens with zero attached hydrogens (tertiary/aromatic N) is 7. The minimum absolute atomic E-state index is 0.577. The van der Waals surface area contributed by atoms with Gasteiger partial charge in [0.25, 0.3) is 0 Å². The lowest BCUT2D eigenvalue weighted by Crippen LogP contribution is -2.06. The fourth-order valence-electron chi connectivity index (χ4n) is 9.37. The van der Waals surface area contributed by atoms with Crippen molar-refractivity contribution in [3.8, 4) is 40.1 Å². The largest absolute Gasteiger partial charge is 0.309 e. The zero-order valence-corrected chi connectivity index (χ0v) is 32.2. The third kappa shape index (κ3) is 4.74. The normalized spacial score (nSPS) is 12.0. The third-order valence-electron chi connectivity index (χ3n) is 12.0. The molecule has 5 heterocycles. The number of imidazole rings is 1. The Labute approximate surface area is 343 Å². The van der Waals surface area contributed by atoms with Gasteiger partial charge in [-0.15, -0.1) is 0 Å². The Morgan fingerprint density at radius 1 is 0.300 bits per heavy atom. The maximum absolute atomic E-state index is 5.19. The van der Waals surface area contributed by atoms with E-state index >= 15 is 0 Å². The monoisotopic (exact) mass is 767 g/mol. The molecule has 0 bridgehead atoms. The minimum atomic E-state index is 0.577. The summed E-state index contributed by atoms with van der Waals surface area (Å²) < 4.78 is 9.42. The van der Waals surface area contributed by atoms with Gasteiger partial charge in [0.2, 0.25) is 5.95 Å². The van der Waals surface area contributed by atoms with Crippen molar-refractivity contribution in [2.75, 3.05) is 0 Å². The number of fused-ring (bicyclic) bond motifs is 11. The molecule has 0 aliphatic carbocycles. The first-order valence-corrected chi connectivity index (χ1v) is 20.2. The van der Waals surface area contributed by atoms with Gasteiger partial charge in [-0.25, -0.2) is 4.98 Å². The van der Waals surface area contributed by atoms with E-state index in [0.717, 1.165) is 77.4 Å². The zero-order valence-electron chi connectivity index (χ0n) is 32.2. The maximum Gasteiger partial charge on any atom is 0.238 e. The highest BCUT2D eigenvalue weighted by atomic mass is 15.2. The highest BCUT2D eigenvalue weighted by molar-refractivity contribution is 6.19. The summed E-state index contributed by atoms with van der Waals surface area (Å²) in [5, 5.41) is 5.80. The third-order valence-corrected chi connectivity index (χ3v) is 12.0. The van der Waals surface area contributed by atoms with Crippen LogP contribution < -0.4 is 0 Å². The zero-order chi connectivity index (χ0) is 39.3. The van der Waals surface area contributed by atoms with Gasteiger partial charge in [-0.2, -0.15) is 9.97 Å². The van der Waals surface area contributed by atoms with Crippen molar-refractivity contribution in [1.82, 2.24) is 33.1 Å². The number of benzene rings is 8. The molecule has 13 aromatic rings. The van der Waals surface area contributed by atoms with E-state index in [2.05, 4.69) is 182 Å². The van der Waals surface area contributed by atoms with Gasteiger partial charge in [0.05, 0.1) is 38.6 Å². The average molecular weight is 768 g/mol. The molecule has 13 rings (SSSR count). The van der Waals surface area contributed by atoms with Gasteiger partial charge in [0, 0.05) is 49.4 Å². The summed E-state index contributed by atoms with van der Waals surface area (Å²) in [4.78, 5) is 15.4. The molecule has 0 saturated carbocycles. The van der Waals surface area contributed by atoms with Crippen LogP contribution in [0.4, 0.5) is 0 Å². The molecule has 7 nitrogen and oxygen atoms in total. The van der Waals surface area contributed by atoms with Gasteiger partial charge < -0.3 is 4.57 Å². The van der Waals surface area contributed by atoms with Crippen molar-refractivity contribution >= 4 is 71.2 Å². The molecule has 0 radical (unpaired) electrons. The maximum atomic E-state index is 5.19. The predicted octanol–water partition coefficient (Wildman–Crippen LogP) is 12.7. The Kier molecular flexibility index (Phi) is 6.88. The molecule has 5 aromatic heterocycles. The molecule has 0 atom stereocenters. The molecule has 8 aromatic carbocycles. The first-order chi connectivity index (χ1) is 29.8. The van der Waals surface area contributed by atoms with Crippen molar-refractivity contribution in [3.05, 3.63) is 200 Å². The summed E-state index contributed by atoms with van der Waals surface area (Å²) in [6.45, 7) is 0. The van der Waals surface area contributed by atoms with E-state index in [9.17, 15) is 0 Å². The van der Waals surface area contributed by atoms with E-state index in [4.69, 9.17) is 15.0 Å². The Balaban J connectivity index is 1.10. The minimum Gasteiger partial charge on any atom is -0.309 e. The second kappa shape index (κ2) is 12.6. The van der Waals surface area contributed by atoms with Crippen LogP contribution in [-0.2, 0) is 0 Å². The van der Waals surface area contributed by atoms with Crippen molar-refractivity contribution < 1.29 is 0 Å². The summed E-state index contributed by atoms with van der Waals surface area (Å²) in [7, 11) is 0. The summed E-state index contributed by atoms with van der Waals surface area (Å²) in [5.74, 6) is 1.83. The molecular weight excluding hydrogens is 735 g/mol. The van der Waals surface area contributed by atoms with Crippen molar-refractivity contribution in [2.24, 2.45) is 0 Å². The SMILES string of the molecule is c1ccc(-c2nc(-c3ccccc3)nc(-n3c4ccccc4c4cc5c(cc43)c3ccccc3n5-c3ccc4c(c3)n3c5ccccc5cc3n4-c3ccccc3)n2)cc1. The van der Waals surface area contributed by atoms with E-state index < -0.39 is 0 Å². The molecular formula is C53H33N7. The lowest BCUT2D eigenvalue weighted by molar-refractivity contribution is 0.954. The molecule has 0 spiro atoms. The van der Waals surface area contributed by atoms with E-state index in [1.165, 1.54) is 16.3 Å². The fourth-order valence-corrected chi connectivity index (χ4v) is 9.37. The molecule has 0 saturated heterocycles.